The van der Waals surface area contributed by atoms with Crippen LogP contribution in [-0.2, 0) is 21.2 Å². The number of morpholine rings is 1. The molecule has 1 saturated heterocycles. The Morgan fingerprint density at radius 1 is 1.11 bits per heavy atom. The van der Waals surface area contributed by atoms with E-state index in [0.717, 1.165) is 12.0 Å². The minimum absolute atomic E-state index is 0.0864. The molecule has 6 nitrogen and oxygen atoms in total. The Kier molecular flexibility index (Phi) is 5.94. The summed E-state index contributed by atoms with van der Waals surface area (Å²) in [5.74, 6) is -0.145. The number of rotatable bonds is 5. The number of sulfonamides is 1. The van der Waals surface area contributed by atoms with Crippen molar-refractivity contribution in [3.8, 4) is 5.75 Å². The molecule has 0 unspecified atom stereocenters. The summed E-state index contributed by atoms with van der Waals surface area (Å²) in [4.78, 5) is 12.7. The highest BCUT2D eigenvalue weighted by atomic mass is 32.2. The molecule has 0 spiro atoms. The van der Waals surface area contributed by atoms with E-state index in [4.69, 9.17) is 9.47 Å². The van der Waals surface area contributed by atoms with Gasteiger partial charge >= 0.3 is 5.97 Å². The van der Waals surface area contributed by atoms with Crippen LogP contribution < -0.4 is 4.74 Å². The second kappa shape index (κ2) is 8.21. The lowest BCUT2D eigenvalue weighted by Crippen LogP contribution is -2.40. The molecular formula is C20H23NO5S. The number of ether oxygens (including phenoxy) is 2. The minimum atomic E-state index is -3.67. The molecule has 1 heterocycles. The van der Waals surface area contributed by atoms with Crippen molar-refractivity contribution in [1.82, 2.24) is 4.31 Å². The van der Waals surface area contributed by atoms with Crippen LogP contribution in [-0.4, -0.2) is 45.0 Å². The lowest BCUT2D eigenvalue weighted by atomic mass is 10.1. The summed E-state index contributed by atoms with van der Waals surface area (Å²) in [5, 5.41) is 0. The third-order valence-electron chi connectivity index (χ3n) is 4.58. The molecule has 0 amide bonds. The Balaban J connectivity index is 1.84. The fourth-order valence-corrected chi connectivity index (χ4v) is 4.31. The van der Waals surface area contributed by atoms with Gasteiger partial charge in [-0.15, -0.1) is 0 Å². The zero-order valence-electron chi connectivity index (χ0n) is 15.5. The van der Waals surface area contributed by atoms with Gasteiger partial charge in [-0.1, -0.05) is 25.1 Å². The Morgan fingerprint density at radius 2 is 1.78 bits per heavy atom. The third kappa shape index (κ3) is 4.37. The number of esters is 1. The molecule has 144 valence electrons. The van der Waals surface area contributed by atoms with Crippen molar-refractivity contribution < 1.29 is 22.7 Å². The van der Waals surface area contributed by atoms with E-state index < -0.39 is 16.0 Å². The van der Waals surface area contributed by atoms with Crippen molar-refractivity contribution in [1.29, 1.82) is 0 Å². The molecule has 1 aliphatic heterocycles. The molecule has 3 rings (SSSR count). The smallest absolute Gasteiger partial charge is 0.343 e. The maximum Gasteiger partial charge on any atom is 0.343 e. The number of carbonyl (C=O) groups excluding carboxylic acids is 1. The molecule has 0 aromatic heterocycles. The van der Waals surface area contributed by atoms with Crippen LogP contribution in [0.15, 0.2) is 47.4 Å². The van der Waals surface area contributed by atoms with Crippen molar-refractivity contribution in [3.05, 3.63) is 59.2 Å². The molecule has 0 bridgehead atoms. The lowest BCUT2D eigenvalue weighted by Gasteiger charge is -2.26. The largest absolute Gasteiger partial charge is 0.423 e. The van der Waals surface area contributed by atoms with Crippen molar-refractivity contribution in [2.75, 3.05) is 26.3 Å². The summed E-state index contributed by atoms with van der Waals surface area (Å²) in [6, 6.07) is 11.8. The number of aryl methyl sites for hydroxylation is 2. The fraction of sp³-hybridized carbons (Fsp3) is 0.350. The molecular weight excluding hydrogens is 366 g/mol. The van der Waals surface area contributed by atoms with Crippen LogP contribution >= 0.6 is 0 Å². The Morgan fingerprint density at radius 3 is 2.41 bits per heavy atom. The molecule has 2 aromatic rings. The van der Waals surface area contributed by atoms with E-state index in [1.54, 1.807) is 25.1 Å². The van der Waals surface area contributed by atoms with Gasteiger partial charge in [0.15, 0.2) is 0 Å². The zero-order chi connectivity index (χ0) is 19.4. The van der Waals surface area contributed by atoms with Gasteiger partial charge in [-0.05, 0) is 48.7 Å². The predicted octanol–water partition coefficient (Wildman–Crippen LogP) is 2.80. The topological polar surface area (TPSA) is 72.9 Å². The van der Waals surface area contributed by atoms with Crippen LogP contribution in [0.25, 0.3) is 0 Å². The maximum atomic E-state index is 12.8. The summed E-state index contributed by atoms with van der Waals surface area (Å²) in [7, 11) is -3.67. The Hall–Kier alpha value is -2.22. The molecule has 2 aromatic carbocycles. The first-order valence-corrected chi connectivity index (χ1v) is 10.4. The average Bonchev–Trinajstić information content (AvgIpc) is 2.69. The Bertz CT molecular complexity index is 916. The Labute approximate surface area is 159 Å². The maximum absolute atomic E-state index is 12.8. The van der Waals surface area contributed by atoms with Gasteiger partial charge in [0.2, 0.25) is 10.0 Å². The van der Waals surface area contributed by atoms with E-state index in [1.807, 2.05) is 19.1 Å². The van der Waals surface area contributed by atoms with E-state index in [2.05, 4.69) is 0 Å². The zero-order valence-corrected chi connectivity index (χ0v) is 16.3. The van der Waals surface area contributed by atoms with Crippen LogP contribution in [0.3, 0.4) is 0 Å². The van der Waals surface area contributed by atoms with Crippen molar-refractivity contribution in [2.24, 2.45) is 0 Å². The molecule has 27 heavy (non-hydrogen) atoms. The summed E-state index contributed by atoms with van der Waals surface area (Å²) >= 11 is 0. The molecule has 0 aliphatic carbocycles. The minimum Gasteiger partial charge on any atom is -0.423 e. The molecule has 1 fully saturated rings. The molecule has 1 aliphatic rings. The first kappa shape index (κ1) is 19.5. The third-order valence-corrected chi connectivity index (χ3v) is 6.47. The predicted molar refractivity (Wildman–Crippen MR) is 102 cm³/mol. The van der Waals surface area contributed by atoms with Gasteiger partial charge in [-0.25, -0.2) is 13.2 Å². The number of benzene rings is 2. The van der Waals surface area contributed by atoms with E-state index >= 15 is 0 Å². The number of carbonyl (C=O) groups is 1. The molecule has 0 N–H and O–H groups in total. The van der Waals surface area contributed by atoms with Crippen LogP contribution in [0.5, 0.6) is 5.75 Å². The number of hydrogen-bond acceptors (Lipinski definition) is 5. The van der Waals surface area contributed by atoms with Crippen LogP contribution in [0.2, 0.25) is 0 Å². The van der Waals surface area contributed by atoms with Crippen molar-refractivity contribution in [3.63, 3.8) is 0 Å². The second-order valence-corrected chi connectivity index (χ2v) is 8.32. The van der Waals surface area contributed by atoms with E-state index in [9.17, 15) is 13.2 Å². The highest BCUT2D eigenvalue weighted by Gasteiger charge is 2.27. The SMILES string of the molecule is CCc1ccc(OC(=O)c2cc(S(=O)(=O)N3CCOCC3)ccc2C)cc1. The first-order chi connectivity index (χ1) is 12.9. The normalized spacial score (nSPS) is 15.5. The summed E-state index contributed by atoms with van der Waals surface area (Å²) < 4.78 is 37.7. The molecule has 0 radical (unpaired) electrons. The van der Waals surface area contributed by atoms with Gasteiger partial charge in [-0.2, -0.15) is 4.31 Å². The lowest BCUT2D eigenvalue weighted by molar-refractivity contribution is 0.0727. The molecule has 0 atom stereocenters. The monoisotopic (exact) mass is 389 g/mol. The molecule has 7 heteroatoms. The van der Waals surface area contributed by atoms with E-state index in [1.165, 1.54) is 16.4 Å². The summed E-state index contributed by atoms with van der Waals surface area (Å²) in [6.45, 7) is 5.15. The van der Waals surface area contributed by atoms with E-state index in [-0.39, 0.29) is 10.5 Å². The van der Waals surface area contributed by atoms with Crippen LogP contribution in [0.1, 0.15) is 28.4 Å². The van der Waals surface area contributed by atoms with Gasteiger partial charge in [0, 0.05) is 13.1 Å². The van der Waals surface area contributed by atoms with Gasteiger partial charge in [-0.3, -0.25) is 0 Å². The summed E-state index contributed by atoms with van der Waals surface area (Å²) in [6.07, 6.45) is 0.898. The quantitative estimate of drug-likeness (QED) is 0.581. The second-order valence-electron chi connectivity index (χ2n) is 6.38. The highest BCUT2D eigenvalue weighted by molar-refractivity contribution is 7.89. The van der Waals surface area contributed by atoms with Crippen molar-refractivity contribution >= 4 is 16.0 Å². The van der Waals surface area contributed by atoms with Gasteiger partial charge in [0.25, 0.3) is 0 Å². The first-order valence-electron chi connectivity index (χ1n) is 8.91. The number of nitrogens with zero attached hydrogens (tertiary/aromatic N) is 1. The van der Waals surface area contributed by atoms with Crippen LogP contribution in [0, 0.1) is 6.92 Å². The standard InChI is InChI=1S/C20H23NO5S/c1-3-16-5-7-17(8-6-16)26-20(22)19-14-18(9-4-15(19)2)27(23,24)21-10-12-25-13-11-21/h4-9,14H,3,10-13H2,1-2H3. The van der Waals surface area contributed by atoms with E-state index in [0.29, 0.717) is 37.6 Å². The van der Waals surface area contributed by atoms with Crippen molar-refractivity contribution in [2.45, 2.75) is 25.2 Å². The van der Waals surface area contributed by atoms with Gasteiger partial charge in [0.1, 0.15) is 5.75 Å². The average molecular weight is 389 g/mol. The van der Waals surface area contributed by atoms with Gasteiger partial charge in [0.05, 0.1) is 23.7 Å². The van der Waals surface area contributed by atoms with Gasteiger partial charge < -0.3 is 9.47 Å². The number of hydrogen-bond donors (Lipinski definition) is 0. The molecule has 0 saturated carbocycles. The summed E-state index contributed by atoms with van der Waals surface area (Å²) in [5.41, 5.74) is 2.04. The van der Waals surface area contributed by atoms with Crippen LogP contribution in [0.4, 0.5) is 0 Å². The highest BCUT2D eigenvalue weighted by Crippen LogP contribution is 2.22. The fourth-order valence-electron chi connectivity index (χ4n) is 2.87.